The number of likely N-dealkylation sites (tertiary alicyclic amines) is 1. The number of carbonyl (C=O) groups excluding carboxylic acids is 1. The van der Waals surface area contributed by atoms with Gasteiger partial charge in [-0.05, 0) is 18.6 Å². The molecule has 3 rings (SSSR count). The second-order valence-corrected chi connectivity index (χ2v) is 5.25. The van der Waals surface area contributed by atoms with Gasteiger partial charge in [-0.3, -0.25) is 4.79 Å². The first kappa shape index (κ1) is 13.0. The fraction of sp³-hybridized carbons (Fsp3) is 0.286. The highest BCUT2D eigenvalue weighted by atomic mass is 35.5. The van der Waals surface area contributed by atoms with Crippen LogP contribution in [0.2, 0.25) is 5.02 Å². The molecule has 1 amide bonds. The predicted molar refractivity (Wildman–Crippen MR) is 75.1 cm³/mol. The van der Waals surface area contributed by atoms with E-state index in [4.69, 9.17) is 11.6 Å². The molecule has 1 aliphatic rings. The summed E-state index contributed by atoms with van der Waals surface area (Å²) < 4.78 is 1.66. The zero-order valence-electron chi connectivity index (χ0n) is 10.7. The van der Waals surface area contributed by atoms with Gasteiger partial charge in [0.2, 0.25) is 5.91 Å². The van der Waals surface area contributed by atoms with Crippen molar-refractivity contribution in [3.63, 3.8) is 0 Å². The molecule has 0 spiro atoms. The van der Waals surface area contributed by atoms with Gasteiger partial charge in [0.15, 0.2) is 0 Å². The first-order valence-corrected chi connectivity index (χ1v) is 6.74. The van der Waals surface area contributed by atoms with E-state index in [1.807, 2.05) is 0 Å². The third-order valence-corrected chi connectivity index (χ3v) is 3.92. The Balaban J connectivity index is 2.04. The van der Waals surface area contributed by atoms with Gasteiger partial charge < -0.3 is 14.6 Å². The zero-order valence-corrected chi connectivity index (χ0v) is 11.4. The van der Waals surface area contributed by atoms with Crippen molar-refractivity contribution in [2.45, 2.75) is 13.0 Å². The molecule has 1 N–H and O–H groups in total. The minimum Gasteiger partial charge on any atom is -0.478 e. The van der Waals surface area contributed by atoms with Crippen LogP contribution in [0.1, 0.15) is 16.8 Å². The van der Waals surface area contributed by atoms with Crippen molar-refractivity contribution in [3.8, 4) is 0 Å². The van der Waals surface area contributed by atoms with Crippen LogP contribution in [0.15, 0.2) is 24.4 Å². The number of carbonyl (C=O) groups is 2. The first-order valence-electron chi connectivity index (χ1n) is 6.36. The molecule has 1 aromatic heterocycles. The molecule has 0 unspecified atom stereocenters. The minimum absolute atomic E-state index is 0.00469. The van der Waals surface area contributed by atoms with Crippen molar-refractivity contribution < 1.29 is 14.7 Å². The first-order chi connectivity index (χ1) is 9.58. The number of hydrogen-bond acceptors (Lipinski definition) is 2. The van der Waals surface area contributed by atoms with Gasteiger partial charge in [0.05, 0.1) is 16.1 Å². The molecule has 5 nitrogen and oxygen atoms in total. The van der Waals surface area contributed by atoms with Crippen LogP contribution in [-0.2, 0) is 11.3 Å². The molecule has 1 saturated heterocycles. The van der Waals surface area contributed by atoms with Gasteiger partial charge in [-0.1, -0.05) is 17.7 Å². The lowest BCUT2D eigenvalue weighted by Gasteiger charge is -2.31. The number of benzene rings is 1. The summed E-state index contributed by atoms with van der Waals surface area (Å²) in [5.41, 5.74) is 0.797. The molecule has 0 bridgehead atoms. The summed E-state index contributed by atoms with van der Waals surface area (Å²) in [4.78, 5) is 25.1. The van der Waals surface area contributed by atoms with E-state index in [2.05, 4.69) is 0 Å². The highest BCUT2D eigenvalue weighted by Gasteiger charge is 2.22. The predicted octanol–water partition coefficient (Wildman–Crippen LogP) is 2.23. The molecule has 2 aromatic rings. The van der Waals surface area contributed by atoms with Crippen molar-refractivity contribution in [3.05, 3.63) is 35.0 Å². The highest BCUT2D eigenvalue weighted by molar-refractivity contribution is 6.36. The number of halogens is 1. The number of nitrogens with zero attached hydrogens (tertiary/aromatic N) is 2. The zero-order chi connectivity index (χ0) is 14.3. The van der Waals surface area contributed by atoms with E-state index in [-0.39, 0.29) is 18.0 Å². The molecule has 0 saturated carbocycles. The molecule has 0 aliphatic carbocycles. The summed E-state index contributed by atoms with van der Waals surface area (Å²) in [7, 11) is 0. The molecule has 1 aliphatic heterocycles. The molecule has 2 heterocycles. The van der Waals surface area contributed by atoms with Crippen LogP contribution in [0.25, 0.3) is 10.9 Å². The van der Waals surface area contributed by atoms with Crippen LogP contribution in [0.3, 0.4) is 0 Å². The van der Waals surface area contributed by atoms with Crippen LogP contribution in [0, 0.1) is 0 Å². The van der Waals surface area contributed by atoms with Crippen molar-refractivity contribution in [1.82, 2.24) is 9.47 Å². The van der Waals surface area contributed by atoms with Gasteiger partial charge in [0.25, 0.3) is 0 Å². The Morgan fingerprint density at radius 2 is 2.05 bits per heavy atom. The van der Waals surface area contributed by atoms with Crippen molar-refractivity contribution in [2.24, 2.45) is 0 Å². The summed E-state index contributed by atoms with van der Waals surface area (Å²) in [5, 5.41) is 10.1. The molecule has 0 radical (unpaired) electrons. The van der Waals surface area contributed by atoms with E-state index in [0.717, 1.165) is 19.5 Å². The van der Waals surface area contributed by atoms with E-state index in [9.17, 15) is 14.7 Å². The van der Waals surface area contributed by atoms with Gasteiger partial charge in [-0.2, -0.15) is 0 Å². The fourth-order valence-electron chi connectivity index (χ4n) is 2.41. The van der Waals surface area contributed by atoms with E-state index in [0.29, 0.717) is 15.9 Å². The Morgan fingerprint density at radius 3 is 2.65 bits per heavy atom. The lowest BCUT2D eigenvalue weighted by atomic mass is 10.2. The number of amides is 1. The topological polar surface area (TPSA) is 62.5 Å². The summed E-state index contributed by atoms with van der Waals surface area (Å²) >= 11 is 6.09. The number of aromatic nitrogens is 1. The maximum absolute atomic E-state index is 12.0. The molecular weight excluding hydrogens is 280 g/mol. The fourth-order valence-corrected chi connectivity index (χ4v) is 2.68. The standard InChI is InChI=1S/C14H13ClN2O3/c15-10-3-1-4-11-13(10)9(14(19)20)7-17(11)8-12(18)16-5-2-6-16/h1,3-4,7H,2,5-6,8H2,(H,19,20). The number of carboxylic acids is 1. The smallest absolute Gasteiger partial charge is 0.337 e. The van der Waals surface area contributed by atoms with Crippen molar-refractivity contribution >= 4 is 34.4 Å². The summed E-state index contributed by atoms with van der Waals surface area (Å²) in [6.07, 6.45) is 2.51. The molecule has 104 valence electrons. The summed E-state index contributed by atoms with van der Waals surface area (Å²) in [6.45, 7) is 1.71. The molecule has 20 heavy (non-hydrogen) atoms. The van der Waals surface area contributed by atoms with E-state index >= 15 is 0 Å². The van der Waals surface area contributed by atoms with Crippen LogP contribution in [-0.4, -0.2) is 39.5 Å². The molecule has 0 atom stereocenters. The maximum atomic E-state index is 12.0. The van der Waals surface area contributed by atoms with Gasteiger partial charge >= 0.3 is 5.97 Å². The second kappa shape index (κ2) is 4.83. The van der Waals surface area contributed by atoms with Gasteiger partial charge in [0.1, 0.15) is 6.54 Å². The third kappa shape index (κ3) is 2.04. The lowest BCUT2D eigenvalue weighted by Crippen LogP contribution is -2.43. The Hall–Kier alpha value is -2.01. The monoisotopic (exact) mass is 292 g/mol. The number of carboxylic acid groups (broad SMARTS) is 1. The second-order valence-electron chi connectivity index (χ2n) is 4.84. The van der Waals surface area contributed by atoms with E-state index in [1.165, 1.54) is 6.20 Å². The normalized spacial score (nSPS) is 14.3. The number of fused-ring (bicyclic) bond motifs is 1. The molecule has 1 fully saturated rings. The van der Waals surface area contributed by atoms with Gasteiger partial charge in [0, 0.05) is 24.7 Å². The average Bonchev–Trinajstić information content (AvgIpc) is 2.67. The average molecular weight is 293 g/mol. The summed E-state index contributed by atoms with van der Waals surface area (Å²) in [5.74, 6) is -1.04. The summed E-state index contributed by atoms with van der Waals surface area (Å²) in [6, 6.07) is 5.18. The van der Waals surface area contributed by atoms with E-state index in [1.54, 1.807) is 27.7 Å². The van der Waals surface area contributed by atoms with Crippen LogP contribution in [0.4, 0.5) is 0 Å². The van der Waals surface area contributed by atoms with Crippen molar-refractivity contribution in [2.75, 3.05) is 13.1 Å². The molecular formula is C14H13ClN2O3. The Kier molecular flexibility index (Phi) is 3.14. The van der Waals surface area contributed by atoms with Gasteiger partial charge in [-0.25, -0.2) is 4.79 Å². The minimum atomic E-state index is -1.04. The lowest BCUT2D eigenvalue weighted by molar-refractivity contribution is -0.135. The number of rotatable bonds is 3. The van der Waals surface area contributed by atoms with Crippen molar-refractivity contribution in [1.29, 1.82) is 0 Å². The Labute approximate surface area is 120 Å². The van der Waals surface area contributed by atoms with Crippen LogP contribution in [0.5, 0.6) is 0 Å². The Bertz CT molecular complexity index is 704. The number of hydrogen-bond donors (Lipinski definition) is 1. The van der Waals surface area contributed by atoms with E-state index < -0.39 is 5.97 Å². The largest absolute Gasteiger partial charge is 0.478 e. The maximum Gasteiger partial charge on any atom is 0.337 e. The SMILES string of the molecule is O=C(O)c1cn(CC(=O)N2CCC2)c2cccc(Cl)c12. The quantitative estimate of drug-likeness (QED) is 0.943. The van der Waals surface area contributed by atoms with Crippen LogP contribution >= 0.6 is 11.6 Å². The third-order valence-electron chi connectivity index (χ3n) is 3.60. The number of aromatic carboxylic acids is 1. The molecule has 6 heteroatoms. The molecule has 1 aromatic carbocycles. The van der Waals surface area contributed by atoms with Crippen LogP contribution < -0.4 is 0 Å². The highest BCUT2D eigenvalue weighted by Crippen LogP contribution is 2.29. The van der Waals surface area contributed by atoms with Gasteiger partial charge in [-0.15, -0.1) is 0 Å². The Morgan fingerprint density at radius 1 is 1.30 bits per heavy atom.